The third-order valence-corrected chi connectivity index (χ3v) is 6.71. The van der Waals surface area contributed by atoms with E-state index in [9.17, 15) is 23.7 Å². The van der Waals surface area contributed by atoms with Gasteiger partial charge in [0.15, 0.2) is 0 Å². The molecule has 2 heterocycles. The minimum absolute atomic E-state index is 0.107. The van der Waals surface area contributed by atoms with E-state index in [-0.39, 0.29) is 12.3 Å². The van der Waals surface area contributed by atoms with Gasteiger partial charge in [0.2, 0.25) is 11.8 Å². The number of hydrogen-bond acceptors (Lipinski definition) is 4. The van der Waals surface area contributed by atoms with E-state index >= 15 is 0 Å². The second kappa shape index (κ2) is 5.70. The lowest BCUT2D eigenvalue weighted by molar-refractivity contribution is -0.161. The number of nitrogens with one attached hydrogen (secondary N) is 1. The molecule has 2 fully saturated rings. The molecule has 2 saturated heterocycles. The van der Waals surface area contributed by atoms with Gasteiger partial charge in [-0.1, -0.05) is 30.3 Å². The summed E-state index contributed by atoms with van der Waals surface area (Å²) in [5, 5.41) is 11.2. The van der Waals surface area contributed by atoms with Crippen molar-refractivity contribution in [2.24, 2.45) is 0 Å². The fraction of sp³-hybridized carbons (Fsp3) is 0.438. The summed E-state index contributed by atoms with van der Waals surface area (Å²) >= 11 is 0. The maximum atomic E-state index is 12.6. The highest BCUT2D eigenvalue weighted by molar-refractivity contribution is 7.87. The molecular formula is C16H18N2O5S. The van der Waals surface area contributed by atoms with Crippen molar-refractivity contribution in [1.82, 2.24) is 10.2 Å². The quantitative estimate of drug-likeness (QED) is 0.737. The SMILES string of the molecule is CC1(C)[C@@H](C(=O)O)N2C(=O)[C@@H](NC(=O)Cc3ccccc3)[C@@H]2[S@@]1=O. The topological polar surface area (TPSA) is 104 Å². The first-order valence-electron chi connectivity index (χ1n) is 7.54. The highest BCUT2D eigenvalue weighted by Gasteiger charge is 2.68. The zero-order valence-electron chi connectivity index (χ0n) is 13.3. The Kier molecular flexibility index (Phi) is 3.95. The summed E-state index contributed by atoms with van der Waals surface area (Å²) in [7, 11) is -1.58. The maximum absolute atomic E-state index is 12.6. The summed E-state index contributed by atoms with van der Waals surface area (Å²) in [6.07, 6.45) is 0.107. The third kappa shape index (κ3) is 2.41. The highest BCUT2D eigenvalue weighted by atomic mass is 32.2. The first-order valence-corrected chi connectivity index (χ1v) is 8.75. The van der Waals surface area contributed by atoms with Crippen LogP contribution in [0.25, 0.3) is 0 Å². The van der Waals surface area contributed by atoms with Gasteiger partial charge in [-0.25, -0.2) is 4.79 Å². The second-order valence-corrected chi connectivity index (χ2v) is 8.62. The smallest absolute Gasteiger partial charge is 0.328 e. The summed E-state index contributed by atoms with van der Waals surface area (Å²) in [4.78, 5) is 37.0. The van der Waals surface area contributed by atoms with Gasteiger partial charge < -0.3 is 15.3 Å². The van der Waals surface area contributed by atoms with Crippen LogP contribution in [-0.4, -0.2) is 54.2 Å². The average Bonchev–Trinajstić information content (AvgIpc) is 2.71. The highest BCUT2D eigenvalue weighted by Crippen LogP contribution is 2.43. The fourth-order valence-corrected chi connectivity index (χ4v) is 5.22. The molecular weight excluding hydrogens is 332 g/mol. The molecule has 0 saturated carbocycles. The molecule has 0 aromatic heterocycles. The van der Waals surface area contributed by atoms with Crippen molar-refractivity contribution in [3.63, 3.8) is 0 Å². The van der Waals surface area contributed by atoms with Crippen LogP contribution in [0.2, 0.25) is 0 Å². The Labute approximate surface area is 141 Å². The number of nitrogens with zero attached hydrogens (tertiary/aromatic N) is 1. The molecule has 3 rings (SSSR count). The molecule has 1 aromatic rings. The summed E-state index contributed by atoms with van der Waals surface area (Å²) < 4.78 is 11.5. The zero-order valence-corrected chi connectivity index (χ0v) is 14.1. The van der Waals surface area contributed by atoms with Crippen LogP contribution in [0, 0.1) is 0 Å². The van der Waals surface area contributed by atoms with E-state index in [1.54, 1.807) is 26.0 Å². The molecule has 24 heavy (non-hydrogen) atoms. The van der Waals surface area contributed by atoms with Crippen molar-refractivity contribution in [2.45, 2.75) is 42.5 Å². The summed E-state index contributed by atoms with van der Waals surface area (Å²) in [6.45, 7) is 3.13. The molecule has 2 N–H and O–H groups in total. The number of benzene rings is 1. The van der Waals surface area contributed by atoms with E-state index in [1.165, 1.54) is 0 Å². The molecule has 0 radical (unpaired) electrons. The predicted octanol–water partition coefficient (Wildman–Crippen LogP) is -0.124. The summed E-state index contributed by atoms with van der Waals surface area (Å²) in [6, 6.07) is 6.99. The first kappa shape index (κ1) is 16.6. The van der Waals surface area contributed by atoms with Crippen LogP contribution in [0.3, 0.4) is 0 Å². The molecule has 0 bridgehead atoms. The van der Waals surface area contributed by atoms with E-state index in [4.69, 9.17) is 0 Å². The Bertz CT molecular complexity index is 733. The van der Waals surface area contributed by atoms with Gasteiger partial charge in [0, 0.05) is 0 Å². The van der Waals surface area contributed by atoms with Crippen LogP contribution >= 0.6 is 0 Å². The van der Waals surface area contributed by atoms with Crippen LogP contribution in [0.1, 0.15) is 19.4 Å². The molecule has 1 aromatic carbocycles. The number of amides is 2. The van der Waals surface area contributed by atoms with Gasteiger partial charge in [0.25, 0.3) is 0 Å². The van der Waals surface area contributed by atoms with E-state index < -0.39 is 44.9 Å². The van der Waals surface area contributed by atoms with Crippen molar-refractivity contribution in [2.75, 3.05) is 0 Å². The minimum Gasteiger partial charge on any atom is -0.480 e. The molecule has 0 spiro atoms. The Balaban J connectivity index is 1.74. The van der Waals surface area contributed by atoms with Crippen molar-refractivity contribution in [1.29, 1.82) is 0 Å². The Morgan fingerprint density at radius 2 is 1.92 bits per heavy atom. The number of carbonyl (C=O) groups is 3. The van der Waals surface area contributed by atoms with Gasteiger partial charge in [-0.2, -0.15) is 0 Å². The maximum Gasteiger partial charge on any atom is 0.328 e. The van der Waals surface area contributed by atoms with Crippen LogP contribution in [0.15, 0.2) is 30.3 Å². The van der Waals surface area contributed by atoms with E-state index in [0.29, 0.717) is 0 Å². The molecule has 2 aliphatic heterocycles. The van der Waals surface area contributed by atoms with E-state index in [0.717, 1.165) is 10.5 Å². The zero-order chi connectivity index (χ0) is 17.6. The molecule has 2 aliphatic rings. The number of rotatable bonds is 4. The van der Waals surface area contributed by atoms with Crippen molar-refractivity contribution >= 4 is 28.6 Å². The standard InChI is InChI=1S/C16H18N2O5S/c1-16(2)12(15(21)22)18-13(20)11(14(18)24(16)23)17-10(19)8-9-6-4-3-5-7-9/h3-7,11-12,14H,8H2,1-2H3,(H,17,19)(H,21,22)/t11-,12-,14+,24+/m1/s1. The number of fused-ring (bicyclic) bond motifs is 1. The lowest BCUT2D eigenvalue weighted by Crippen LogP contribution is -2.71. The molecule has 0 aliphatic carbocycles. The largest absolute Gasteiger partial charge is 0.480 e. The van der Waals surface area contributed by atoms with Gasteiger partial charge in [0.05, 0.1) is 22.0 Å². The molecule has 7 nitrogen and oxygen atoms in total. The fourth-order valence-electron chi connectivity index (χ4n) is 3.30. The Morgan fingerprint density at radius 3 is 2.50 bits per heavy atom. The van der Waals surface area contributed by atoms with Crippen molar-refractivity contribution in [3.8, 4) is 0 Å². The molecule has 8 heteroatoms. The van der Waals surface area contributed by atoms with Crippen LogP contribution < -0.4 is 5.32 Å². The molecule has 0 unspecified atom stereocenters. The van der Waals surface area contributed by atoms with Crippen molar-refractivity contribution in [3.05, 3.63) is 35.9 Å². The minimum atomic E-state index is -1.58. The second-order valence-electron chi connectivity index (χ2n) is 6.49. The van der Waals surface area contributed by atoms with Gasteiger partial charge in [-0.05, 0) is 19.4 Å². The number of β-lactam (4-membered cyclic amide) rings is 1. The van der Waals surface area contributed by atoms with Gasteiger partial charge in [-0.3, -0.25) is 13.8 Å². The lowest BCUT2D eigenvalue weighted by Gasteiger charge is -2.43. The lowest BCUT2D eigenvalue weighted by atomic mass is 9.96. The molecule has 128 valence electrons. The van der Waals surface area contributed by atoms with Gasteiger partial charge >= 0.3 is 5.97 Å². The van der Waals surface area contributed by atoms with Crippen LogP contribution in [-0.2, 0) is 31.6 Å². The van der Waals surface area contributed by atoms with Gasteiger partial charge in [0.1, 0.15) is 17.5 Å². The Morgan fingerprint density at radius 1 is 1.29 bits per heavy atom. The van der Waals surface area contributed by atoms with Crippen LogP contribution in [0.4, 0.5) is 0 Å². The average molecular weight is 350 g/mol. The number of aliphatic carboxylic acids is 1. The number of hydrogen-bond donors (Lipinski definition) is 2. The first-order chi connectivity index (χ1) is 11.2. The third-order valence-electron chi connectivity index (χ3n) is 4.51. The van der Waals surface area contributed by atoms with Crippen molar-refractivity contribution < 1.29 is 23.7 Å². The molecule has 2 amide bonds. The number of carbonyl (C=O) groups excluding carboxylic acids is 2. The van der Waals surface area contributed by atoms with Gasteiger partial charge in [-0.15, -0.1) is 0 Å². The van der Waals surface area contributed by atoms with Crippen LogP contribution in [0.5, 0.6) is 0 Å². The normalized spacial score (nSPS) is 30.4. The monoisotopic (exact) mass is 350 g/mol. The predicted molar refractivity (Wildman–Crippen MR) is 86.4 cm³/mol. The number of carboxylic acids is 1. The Hall–Kier alpha value is -2.22. The summed E-state index contributed by atoms with van der Waals surface area (Å²) in [5.74, 6) is -2.03. The molecule has 4 atom stereocenters. The number of carboxylic acid groups (broad SMARTS) is 1. The van der Waals surface area contributed by atoms with E-state index in [1.807, 2.05) is 18.2 Å². The summed E-state index contributed by atoms with van der Waals surface area (Å²) in [5.41, 5.74) is 0.801. The van der Waals surface area contributed by atoms with E-state index in [2.05, 4.69) is 5.32 Å².